The lowest BCUT2D eigenvalue weighted by Gasteiger charge is -2.08. The van der Waals surface area contributed by atoms with E-state index in [1.807, 2.05) is 13.8 Å². The van der Waals surface area contributed by atoms with E-state index in [0.717, 1.165) is 0 Å². The van der Waals surface area contributed by atoms with Gasteiger partial charge in [-0.15, -0.1) is 0 Å². The van der Waals surface area contributed by atoms with E-state index in [-0.39, 0.29) is 29.8 Å². The normalized spacial score (nSPS) is 10.8. The van der Waals surface area contributed by atoms with Crippen LogP contribution in [0.5, 0.6) is 11.7 Å². The van der Waals surface area contributed by atoms with E-state index in [2.05, 4.69) is 5.16 Å². The highest BCUT2D eigenvalue weighted by Crippen LogP contribution is 2.39. The first-order valence-electron chi connectivity index (χ1n) is 6.74. The first-order valence-corrected chi connectivity index (χ1v) is 7.49. The van der Waals surface area contributed by atoms with Gasteiger partial charge in [-0.1, -0.05) is 48.3 Å². The molecule has 0 spiro atoms. The summed E-state index contributed by atoms with van der Waals surface area (Å²) in [5.74, 6) is -0.493. The van der Waals surface area contributed by atoms with Crippen molar-refractivity contribution in [3.05, 3.63) is 39.5 Å². The number of nitrogens with zero attached hydrogens (tertiary/aromatic N) is 1. The van der Waals surface area contributed by atoms with Gasteiger partial charge in [0.2, 0.25) is 0 Å². The Bertz CT molecular complexity index is 662. The van der Waals surface area contributed by atoms with Crippen molar-refractivity contribution in [2.24, 2.45) is 0 Å². The van der Waals surface area contributed by atoms with Crippen LogP contribution in [0.25, 0.3) is 0 Å². The van der Waals surface area contributed by atoms with Gasteiger partial charge in [0.15, 0.2) is 11.3 Å². The lowest BCUT2D eigenvalue weighted by molar-refractivity contribution is 0.0520. The molecule has 1 aromatic carbocycles. The summed E-state index contributed by atoms with van der Waals surface area (Å²) in [7, 11) is 0. The predicted molar refractivity (Wildman–Crippen MR) is 83.1 cm³/mol. The standard InChI is InChI=1S/C15H15Cl2NO4/c1-4-20-14(19)11-12(8(2)3)18-22-15(11)21-13-9(16)6-5-7-10(13)17/h5-8H,4H2,1-3H3. The fourth-order valence-electron chi connectivity index (χ4n) is 1.81. The summed E-state index contributed by atoms with van der Waals surface area (Å²) >= 11 is 12.1. The summed E-state index contributed by atoms with van der Waals surface area (Å²) in [4.78, 5) is 12.1. The molecule has 0 fully saturated rings. The smallest absolute Gasteiger partial charge is 0.347 e. The van der Waals surface area contributed by atoms with Gasteiger partial charge >= 0.3 is 11.9 Å². The third-order valence-electron chi connectivity index (χ3n) is 2.83. The number of ether oxygens (including phenoxy) is 2. The maximum absolute atomic E-state index is 12.1. The fourth-order valence-corrected chi connectivity index (χ4v) is 2.29. The quantitative estimate of drug-likeness (QED) is 0.709. The van der Waals surface area contributed by atoms with Gasteiger partial charge in [0.05, 0.1) is 16.7 Å². The Hall–Kier alpha value is -1.72. The number of para-hydroxylation sites is 1. The zero-order chi connectivity index (χ0) is 16.3. The number of esters is 1. The molecule has 0 saturated heterocycles. The first-order chi connectivity index (χ1) is 10.5. The van der Waals surface area contributed by atoms with Crippen LogP contribution in [-0.2, 0) is 4.74 Å². The zero-order valence-electron chi connectivity index (χ0n) is 12.4. The van der Waals surface area contributed by atoms with Crippen LogP contribution >= 0.6 is 23.2 Å². The van der Waals surface area contributed by atoms with Crippen LogP contribution in [0.3, 0.4) is 0 Å². The number of hydrogen-bond donors (Lipinski definition) is 0. The van der Waals surface area contributed by atoms with Crippen molar-refractivity contribution >= 4 is 29.2 Å². The Labute approximate surface area is 138 Å². The van der Waals surface area contributed by atoms with Crippen LogP contribution in [-0.4, -0.2) is 17.7 Å². The van der Waals surface area contributed by atoms with Gasteiger partial charge in [0.1, 0.15) is 5.69 Å². The van der Waals surface area contributed by atoms with Gasteiger partial charge in [0.25, 0.3) is 0 Å². The molecule has 1 aromatic heterocycles. The SMILES string of the molecule is CCOC(=O)c1c(C(C)C)noc1Oc1c(Cl)cccc1Cl. The Balaban J connectivity index is 2.45. The molecule has 7 heteroatoms. The third-order valence-corrected chi connectivity index (χ3v) is 3.42. The molecule has 0 saturated carbocycles. The number of halogens is 2. The first kappa shape index (κ1) is 16.6. The van der Waals surface area contributed by atoms with E-state index in [9.17, 15) is 4.79 Å². The van der Waals surface area contributed by atoms with Gasteiger partial charge in [-0.05, 0) is 19.1 Å². The molecule has 0 unspecified atom stereocenters. The average molecular weight is 344 g/mol. The van der Waals surface area contributed by atoms with E-state index in [1.54, 1.807) is 25.1 Å². The van der Waals surface area contributed by atoms with Crippen LogP contribution in [0.1, 0.15) is 42.7 Å². The number of carbonyl (C=O) groups is 1. The molecule has 2 aromatic rings. The fraction of sp³-hybridized carbons (Fsp3) is 0.333. The molecule has 0 bridgehead atoms. The maximum Gasteiger partial charge on any atom is 0.347 e. The van der Waals surface area contributed by atoms with Crippen molar-refractivity contribution in [3.63, 3.8) is 0 Å². The molecular weight excluding hydrogens is 329 g/mol. The number of aromatic nitrogens is 1. The molecule has 1 heterocycles. The molecule has 0 aliphatic carbocycles. The van der Waals surface area contributed by atoms with Crippen LogP contribution < -0.4 is 4.74 Å². The van der Waals surface area contributed by atoms with Crippen molar-refractivity contribution in [1.82, 2.24) is 5.16 Å². The number of benzene rings is 1. The molecule has 5 nitrogen and oxygen atoms in total. The molecule has 22 heavy (non-hydrogen) atoms. The Kier molecular flexibility index (Phi) is 5.32. The van der Waals surface area contributed by atoms with Crippen molar-refractivity contribution in [3.8, 4) is 11.7 Å². The summed E-state index contributed by atoms with van der Waals surface area (Å²) in [6.45, 7) is 5.71. The second-order valence-electron chi connectivity index (χ2n) is 4.76. The third kappa shape index (κ3) is 3.36. The van der Waals surface area contributed by atoms with E-state index in [1.165, 1.54) is 0 Å². The van der Waals surface area contributed by atoms with Crippen LogP contribution in [0.4, 0.5) is 0 Å². The molecule has 0 atom stereocenters. The number of hydrogen-bond acceptors (Lipinski definition) is 5. The summed E-state index contributed by atoms with van der Waals surface area (Å²) in [6.07, 6.45) is 0. The Morgan fingerprint density at radius 1 is 1.32 bits per heavy atom. The van der Waals surface area contributed by atoms with Crippen molar-refractivity contribution in [1.29, 1.82) is 0 Å². The zero-order valence-corrected chi connectivity index (χ0v) is 13.9. The van der Waals surface area contributed by atoms with Gasteiger partial charge in [-0.3, -0.25) is 0 Å². The Morgan fingerprint density at radius 2 is 1.95 bits per heavy atom. The molecular formula is C15H15Cl2NO4. The monoisotopic (exact) mass is 343 g/mol. The van der Waals surface area contributed by atoms with Crippen LogP contribution in [0.2, 0.25) is 10.0 Å². The van der Waals surface area contributed by atoms with Gasteiger partial charge < -0.3 is 14.0 Å². The molecule has 0 radical (unpaired) electrons. The lowest BCUT2D eigenvalue weighted by atomic mass is 10.1. The molecule has 0 aliphatic heterocycles. The summed E-state index contributed by atoms with van der Waals surface area (Å²) < 4.78 is 15.8. The summed E-state index contributed by atoms with van der Waals surface area (Å²) in [5, 5.41) is 4.48. The van der Waals surface area contributed by atoms with Gasteiger partial charge in [0, 0.05) is 5.92 Å². The topological polar surface area (TPSA) is 61.6 Å². The molecule has 0 amide bonds. The lowest BCUT2D eigenvalue weighted by Crippen LogP contribution is -2.09. The molecule has 0 aliphatic rings. The van der Waals surface area contributed by atoms with Crippen LogP contribution in [0, 0.1) is 0 Å². The van der Waals surface area contributed by atoms with Crippen LogP contribution in [0.15, 0.2) is 22.7 Å². The van der Waals surface area contributed by atoms with E-state index < -0.39 is 5.97 Å². The molecule has 0 N–H and O–H groups in total. The molecule has 2 rings (SSSR count). The minimum atomic E-state index is -0.564. The van der Waals surface area contributed by atoms with Gasteiger partial charge in [-0.2, -0.15) is 0 Å². The second-order valence-corrected chi connectivity index (χ2v) is 5.57. The molecule has 118 valence electrons. The highest BCUT2D eigenvalue weighted by molar-refractivity contribution is 6.37. The minimum Gasteiger partial charge on any atom is -0.462 e. The van der Waals surface area contributed by atoms with E-state index in [0.29, 0.717) is 15.7 Å². The van der Waals surface area contributed by atoms with Crippen molar-refractivity contribution in [2.75, 3.05) is 6.61 Å². The Morgan fingerprint density at radius 3 is 2.50 bits per heavy atom. The van der Waals surface area contributed by atoms with E-state index >= 15 is 0 Å². The highest BCUT2D eigenvalue weighted by Gasteiger charge is 2.28. The van der Waals surface area contributed by atoms with Crippen molar-refractivity contribution < 1.29 is 18.8 Å². The maximum atomic E-state index is 12.1. The summed E-state index contributed by atoms with van der Waals surface area (Å²) in [5.41, 5.74) is 0.601. The second kappa shape index (κ2) is 7.03. The largest absolute Gasteiger partial charge is 0.462 e. The highest BCUT2D eigenvalue weighted by atomic mass is 35.5. The minimum absolute atomic E-state index is 0.0396. The number of rotatable bonds is 5. The van der Waals surface area contributed by atoms with Crippen molar-refractivity contribution in [2.45, 2.75) is 26.7 Å². The summed E-state index contributed by atoms with van der Waals surface area (Å²) in [6, 6.07) is 4.92. The predicted octanol–water partition coefficient (Wildman–Crippen LogP) is 5.07. The van der Waals surface area contributed by atoms with E-state index in [4.69, 9.17) is 37.2 Å². The average Bonchev–Trinajstić information content (AvgIpc) is 2.87. The van der Waals surface area contributed by atoms with Gasteiger partial charge in [-0.25, -0.2) is 4.79 Å². The number of carbonyl (C=O) groups excluding carboxylic acids is 1.